The molecule has 1 aliphatic heterocycles. The molecule has 6 nitrogen and oxygen atoms in total. The second kappa shape index (κ2) is 8.26. The van der Waals surface area contributed by atoms with E-state index in [-0.39, 0.29) is 6.04 Å². The molecule has 0 spiro atoms. The summed E-state index contributed by atoms with van der Waals surface area (Å²) < 4.78 is 26.7. The standard InChI is InChI=1S/C15H29N3O3S/c1-12-2-4-14(5-3-12)18-22(20,21)11-15(19)17-9-7-13-6-8-16-10-13/h12-14,16,18H,2-11H2,1H3,(H,17,19). The Morgan fingerprint density at radius 2 is 1.91 bits per heavy atom. The summed E-state index contributed by atoms with van der Waals surface area (Å²) in [5.74, 6) is 0.415. The molecule has 1 amide bonds. The van der Waals surface area contributed by atoms with Crippen LogP contribution in [-0.4, -0.2) is 45.8 Å². The molecule has 0 aromatic carbocycles. The minimum Gasteiger partial charge on any atom is -0.355 e. The Hall–Kier alpha value is -0.660. The maximum Gasteiger partial charge on any atom is 0.236 e. The van der Waals surface area contributed by atoms with Crippen LogP contribution >= 0.6 is 0 Å². The highest BCUT2D eigenvalue weighted by Crippen LogP contribution is 2.23. The molecule has 1 atom stereocenters. The Bertz CT molecular complexity index is 453. The van der Waals surface area contributed by atoms with E-state index in [2.05, 4.69) is 22.3 Å². The molecule has 0 aromatic heterocycles. The first-order chi connectivity index (χ1) is 10.4. The molecule has 7 heteroatoms. The molecule has 0 bridgehead atoms. The van der Waals surface area contributed by atoms with Crippen molar-refractivity contribution in [2.24, 2.45) is 11.8 Å². The summed E-state index contributed by atoms with van der Waals surface area (Å²) in [6.45, 7) is 4.78. The third-order valence-electron chi connectivity index (χ3n) is 4.72. The van der Waals surface area contributed by atoms with Gasteiger partial charge in [0.25, 0.3) is 0 Å². The van der Waals surface area contributed by atoms with Gasteiger partial charge in [0.15, 0.2) is 0 Å². The Kier molecular flexibility index (Phi) is 6.65. The molecule has 1 heterocycles. The van der Waals surface area contributed by atoms with Gasteiger partial charge in [-0.25, -0.2) is 13.1 Å². The van der Waals surface area contributed by atoms with Gasteiger partial charge < -0.3 is 10.6 Å². The van der Waals surface area contributed by atoms with Crippen LogP contribution in [0.25, 0.3) is 0 Å². The normalized spacial score (nSPS) is 29.4. The number of amides is 1. The van der Waals surface area contributed by atoms with Gasteiger partial charge in [-0.3, -0.25) is 4.79 Å². The number of hydrogen-bond acceptors (Lipinski definition) is 4. The number of nitrogens with one attached hydrogen (secondary N) is 3. The Balaban J connectivity index is 1.65. The minimum atomic E-state index is -3.52. The molecule has 3 N–H and O–H groups in total. The lowest BCUT2D eigenvalue weighted by Gasteiger charge is -2.26. The zero-order chi connectivity index (χ0) is 16.0. The van der Waals surface area contributed by atoms with Crippen LogP contribution < -0.4 is 15.4 Å². The van der Waals surface area contributed by atoms with E-state index >= 15 is 0 Å². The third-order valence-corrected chi connectivity index (χ3v) is 6.06. The van der Waals surface area contributed by atoms with Crippen molar-refractivity contribution in [3.05, 3.63) is 0 Å². The van der Waals surface area contributed by atoms with Gasteiger partial charge in [0.05, 0.1) is 0 Å². The third kappa shape index (κ3) is 6.22. The smallest absolute Gasteiger partial charge is 0.236 e. The van der Waals surface area contributed by atoms with Crippen LogP contribution in [0, 0.1) is 11.8 Å². The number of rotatable bonds is 7. The maximum atomic E-state index is 12.0. The Morgan fingerprint density at radius 1 is 1.18 bits per heavy atom. The summed E-state index contributed by atoms with van der Waals surface area (Å²) in [6.07, 6.45) is 5.89. The van der Waals surface area contributed by atoms with E-state index < -0.39 is 21.7 Å². The van der Waals surface area contributed by atoms with E-state index in [0.29, 0.717) is 18.4 Å². The summed E-state index contributed by atoms with van der Waals surface area (Å²) in [5, 5.41) is 6.00. The summed E-state index contributed by atoms with van der Waals surface area (Å²) in [4.78, 5) is 11.8. The van der Waals surface area contributed by atoms with Crippen molar-refractivity contribution in [2.75, 3.05) is 25.4 Å². The van der Waals surface area contributed by atoms with Gasteiger partial charge in [-0.2, -0.15) is 0 Å². The zero-order valence-electron chi connectivity index (χ0n) is 13.4. The average Bonchev–Trinajstić information content (AvgIpc) is 2.93. The van der Waals surface area contributed by atoms with Crippen LogP contribution in [0.3, 0.4) is 0 Å². The van der Waals surface area contributed by atoms with Crippen molar-refractivity contribution >= 4 is 15.9 Å². The van der Waals surface area contributed by atoms with E-state index in [0.717, 1.165) is 51.6 Å². The van der Waals surface area contributed by atoms with Gasteiger partial charge >= 0.3 is 0 Å². The quantitative estimate of drug-likeness (QED) is 0.637. The van der Waals surface area contributed by atoms with E-state index in [9.17, 15) is 13.2 Å². The fourth-order valence-electron chi connectivity index (χ4n) is 3.27. The fourth-order valence-corrected chi connectivity index (χ4v) is 4.55. The van der Waals surface area contributed by atoms with Gasteiger partial charge in [-0.1, -0.05) is 6.92 Å². The lowest BCUT2D eigenvalue weighted by molar-refractivity contribution is -0.118. The first-order valence-corrected chi connectivity index (χ1v) is 10.1. The van der Waals surface area contributed by atoms with Crippen molar-refractivity contribution in [3.8, 4) is 0 Å². The Labute approximate surface area is 133 Å². The van der Waals surface area contributed by atoms with Crippen LogP contribution in [-0.2, 0) is 14.8 Å². The van der Waals surface area contributed by atoms with Gasteiger partial charge in [-0.05, 0) is 63.5 Å². The highest BCUT2D eigenvalue weighted by Gasteiger charge is 2.24. The topological polar surface area (TPSA) is 87.3 Å². The molecule has 1 saturated carbocycles. The van der Waals surface area contributed by atoms with Crippen LogP contribution in [0.5, 0.6) is 0 Å². The fraction of sp³-hybridized carbons (Fsp3) is 0.933. The molecule has 1 unspecified atom stereocenters. The van der Waals surface area contributed by atoms with E-state index in [1.54, 1.807) is 0 Å². The van der Waals surface area contributed by atoms with Gasteiger partial charge in [-0.15, -0.1) is 0 Å². The second-order valence-electron chi connectivity index (χ2n) is 6.83. The molecular formula is C15H29N3O3S. The summed E-state index contributed by atoms with van der Waals surface area (Å²) >= 11 is 0. The first kappa shape index (κ1) is 17.7. The largest absolute Gasteiger partial charge is 0.355 e. The van der Waals surface area contributed by atoms with Crippen LogP contribution in [0.15, 0.2) is 0 Å². The molecule has 2 fully saturated rings. The van der Waals surface area contributed by atoms with E-state index in [1.165, 1.54) is 0 Å². The number of carbonyl (C=O) groups is 1. The molecule has 1 aliphatic carbocycles. The van der Waals surface area contributed by atoms with Crippen molar-refractivity contribution in [3.63, 3.8) is 0 Å². The average molecular weight is 331 g/mol. The van der Waals surface area contributed by atoms with Crippen LogP contribution in [0.4, 0.5) is 0 Å². The number of sulfonamides is 1. The van der Waals surface area contributed by atoms with Gasteiger partial charge in [0.2, 0.25) is 15.9 Å². The summed E-state index contributed by atoms with van der Waals surface area (Å²) in [7, 11) is -3.52. The SMILES string of the molecule is CC1CCC(NS(=O)(=O)CC(=O)NCCC2CCNC2)CC1. The van der Waals surface area contributed by atoms with Crippen molar-refractivity contribution in [1.29, 1.82) is 0 Å². The molecule has 0 radical (unpaired) electrons. The molecule has 2 rings (SSSR count). The molecular weight excluding hydrogens is 302 g/mol. The lowest BCUT2D eigenvalue weighted by Crippen LogP contribution is -2.42. The van der Waals surface area contributed by atoms with Crippen molar-refractivity contribution in [1.82, 2.24) is 15.4 Å². The summed E-state index contributed by atoms with van der Waals surface area (Å²) in [5.41, 5.74) is 0. The van der Waals surface area contributed by atoms with Crippen molar-refractivity contribution < 1.29 is 13.2 Å². The molecule has 2 aliphatic rings. The van der Waals surface area contributed by atoms with Crippen LogP contribution in [0.1, 0.15) is 45.4 Å². The monoisotopic (exact) mass is 331 g/mol. The molecule has 128 valence electrons. The Morgan fingerprint density at radius 3 is 2.55 bits per heavy atom. The van der Waals surface area contributed by atoms with Gasteiger partial charge in [0, 0.05) is 12.6 Å². The molecule has 1 saturated heterocycles. The van der Waals surface area contributed by atoms with E-state index in [1.807, 2.05) is 0 Å². The summed E-state index contributed by atoms with van der Waals surface area (Å²) in [6, 6.07) is -0.00133. The highest BCUT2D eigenvalue weighted by atomic mass is 32.2. The first-order valence-electron chi connectivity index (χ1n) is 8.42. The lowest BCUT2D eigenvalue weighted by atomic mass is 9.88. The minimum absolute atomic E-state index is 0.00133. The molecule has 0 aromatic rings. The number of hydrogen-bond donors (Lipinski definition) is 3. The number of carbonyl (C=O) groups excluding carboxylic acids is 1. The second-order valence-corrected chi connectivity index (χ2v) is 8.59. The zero-order valence-corrected chi connectivity index (χ0v) is 14.3. The predicted molar refractivity (Wildman–Crippen MR) is 86.9 cm³/mol. The molecule has 22 heavy (non-hydrogen) atoms. The van der Waals surface area contributed by atoms with Gasteiger partial charge in [0.1, 0.15) is 5.75 Å². The van der Waals surface area contributed by atoms with E-state index in [4.69, 9.17) is 0 Å². The predicted octanol–water partition coefficient (Wildman–Crippen LogP) is 0.600. The highest BCUT2D eigenvalue weighted by molar-refractivity contribution is 7.90. The van der Waals surface area contributed by atoms with Crippen molar-refractivity contribution in [2.45, 2.75) is 51.5 Å². The maximum absolute atomic E-state index is 12.0. The van der Waals surface area contributed by atoms with Crippen LogP contribution in [0.2, 0.25) is 0 Å².